The Morgan fingerprint density at radius 2 is 1.29 bits per heavy atom. The van der Waals surface area contributed by atoms with Gasteiger partial charge in [0.15, 0.2) is 0 Å². The maximum atomic E-state index is 13.3. The van der Waals surface area contributed by atoms with Gasteiger partial charge in [0.2, 0.25) is 0 Å². The molecule has 0 radical (unpaired) electrons. The van der Waals surface area contributed by atoms with Crippen LogP contribution in [-0.4, -0.2) is 12.7 Å². The smallest absolute Gasteiger partial charge is 0.231 e. The highest BCUT2D eigenvalue weighted by Crippen LogP contribution is 2.80. The molecule has 1 aliphatic heterocycles. The molecule has 102 valence electrons. The molecule has 1 atom stereocenters. The summed E-state index contributed by atoms with van der Waals surface area (Å²) in [6, 6.07) is 0. The Morgan fingerprint density at radius 3 is 1.71 bits per heavy atom. The van der Waals surface area contributed by atoms with Crippen molar-refractivity contribution >= 4 is 23.3 Å². The van der Waals surface area contributed by atoms with Crippen molar-refractivity contribution in [2.24, 2.45) is 13.5 Å². The third kappa shape index (κ3) is 5.07. The minimum Gasteiger partial charge on any atom is -0.231 e. The molecule has 0 fully saturated rings. The van der Waals surface area contributed by atoms with Crippen LogP contribution in [0.2, 0.25) is 0 Å². The lowest BCUT2D eigenvalue weighted by molar-refractivity contribution is -0.121. The number of alkyl halides is 3. The predicted molar refractivity (Wildman–Crippen MR) is 47.6 cm³/mol. The van der Waals surface area contributed by atoms with Crippen molar-refractivity contribution in [3.05, 3.63) is 0 Å². The van der Waals surface area contributed by atoms with Gasteiger partial charge in [-0.15, -0.1) is 30.3 Å². The zero-order chi connectivity index (χ0) is 13.5. The average Bonchev–Trinajstić information content (AvgIpc) is 1.92. The van der Waals surface area contributed by atoms with Gasteiger partial charge < -0.3 is 0 Å². The Kier molecular flexibility index (Phi) is 3.86. The summed E-state index contributed by atoms with van der Waals surface area (Å²) in [6.07, 6.45) is -4.96. The summed E-state index contributed by atoms with van der Waals surface area (Å²) in [6.45, 7) is -2.08. The standard InChI is InChI=1S/C2H3F8N4P3/c3-2(4,5)1-11-17(10)13-15(6,7)12-16(8,9)14-17/h11H,1H2. The van der Waals surface area contributed by atoms with E-state index < -0.39 is 36.0 Å². The molecule has 1 unspecified atom stereocenters. The van der Waals surface area contributed by atoms with Crippen molar-refractivity contribution in [1.82, 2.24) is 5.09 Å². The van der Waals surface area contributed by atoms with Gasteiger partial charge in [-0.05, 0) is 0 Å². The summed E-state index contributed by atoms with van der Waals surface area (Å²) >= 11 is 0. The second-order valence-electron chi connectivity index (χ2n) is 2.65. The van der Waals surface area contributed by atoms with Crippen LogP contribution in [0.3, 0.4) is 0 Å². The Balaban J connectivity index is 3.10. The minimum absolute atomic E-state index is 0.871. The molecular weight excluding hydrogens is 325 g/mol. The Labute approximate surface area is 89.8 Å². The number of hydrogen-bond donors (Lipinski definition) is 1. The summed E-state index contributed by atoms with van der Waals surface area (Å²) in [4.78, 5) is 0. The Hall–Kier alpha value is 0.0900. The number of rotatable bonds is 2. The molecule has 1 N–H and O–H groups in total. The van der Waals surface area contributed by atoms with Crippen molar-refractivity contribution in [3.8, 4) is 0 Å². The fraction of sp³-hybridized carbons (Fsp3) is 1.00. The molecule has 1 heterocycles. The number of hydrogen-bond acceptors (Lipinski definition) is 4. The molecule has 0 aromatic rings. The van der Waals surface area contributed by atoms with Gasteiger partial charge in [0.05, 0.1) is 0 Å². The second-order valence-corrected chi connectivity index (χ2v) is 7.99. The molecule has 1 rings (SSSR count). The van der Waals surface area contributed by atoms with Crippen LogP contribution in [0, 0.1) is 0 Å². The lowest BCUT2D eigenvalue weighted by Crippen LogP contribution is -2.25. The highest BCUT2D eigenvalue weighted by atomic mass is 31.3. The minimum atomic E-state index is -5.96. The van der Waals surface area contributed by atoms with E-state index in [-0.39, 0.29) is 0 Å². The highest BCUT2D eigenvalue weighted by Gasteiger charge is 2.41. The molecule has 0 aliphatic carbocycles. The largest absolute Gasteiger partial charge is 0.424 e. The number of nitrogens with one attached hydrogen (secondary N) is 1. The van der Waals surface area contributed by atoms with Crippen molar-refractivity contribution in [1.29, 1.82) is 0 Å². The zero-order valence-electron chi connectivity index (χ0n) is 7.41. The van der Waals surface area contributed by atoms with Crippen molar-refractivity contribution in [3.63, 3.8) is 0 Å². The van der Waals surface area contributed by atoms with Crippen molar-refractivity contribution in [2.75, 3.05) is 6.54 Å². The van der Waals surface area contributed by atoms with E-state index >= 15 is 0 Å². The average molecular weight is 328 g/mol. The van der Waals surface area contributed by atoms with Gasteiger partial charge in [-0.25, -0.2) is 5.09 Å². The van der Waals surface area contributed by atoms with Crippen LogP contribution in [0.4, 0.5) is 34.2 Å². The van der Waals surface area contributed by atoms with Gasteiger partial charge in [-0.2, -0.15) is 17.4 Å². The van der Waals surface area contributed by atoms with Gasteiger partial charge >= 0.3 is 29.5 Å². The molecule has 1 aliphatic rings. The van der Waals surface area contributed by atoms with E-state index in [1.165, 1.54) is 0 Å². The van der Waals surface area contributed by atoms with E-state index in [9.17, 15) is 34.2 Å². The fourth-order valence-corrected chi connectivity index (χ4v) is 6.32. The van der Waals surface area contributed by atoms with Crippen molar-refractivity contribution in [2.45, 2.75) is 6.18 Å². The Morgan fingerprint density at radius 1 is 0.824 bits per heavy atom. The molecule has 0 saturated carbocycles. The fourth-order valence-electron chi connectivity index (χ4n) is 0.722. The van der Waals surface area contributed by atoms with Crippen molar-refractivity contribution < 1.29 is 34.2 Å². The topological polar surface area (TPSA) is 49.1 Å². The molecule has 0 amide bonds. The quantitative estimate of drug-likeness (QED) is 0.502. The number of nitrogens with zero attached hydrogens (tertiary/aromatic N) is 3. The van der Waals surface area contributed by atoms with Crippen LogP contribution >= 0.6 is 23.3 Å². The SMILES string of the molecule is FC(F)(F)CNP1(F)=NP(F)(F)=NP(F)(F)=N1. The lowest BCUT2D eigenvalue weighted by atomic mass is 10.7. The molecule has 4 nitrogen and oxygen atoms in total. The molecule has 0 aromatic heterocycles. The third-order valence-electron chi connectivity index (χ3n) is 1.15. The summed E-state index contributed by atoms with van der Waals surface area (Å²) in [5.41, 5.74) is 0. The van der Waals surface area contributed by atoms with Crippen LogP contribution in [-0.2, 0) is 0 Å². The Bertz CT molecular complexity index is 458. The first-order valence-electron chi connectivity index (χ1n) is 3.54. The highest BCUT2D eigenvalue weighted by molar-refractivity contribution is 7.78. The normalized spacial score (nSPS) is 31.1. The van der Waals surface area contributed by atoms with Gasteiger partial charge in [0, 0.05) is 0 Å². The summed E-state index contributed by atoms with van der Waals surface area (Å²) in [7, 11) is -17.3. The summed E-state index contributed by atoms with van der Waals surface area (Å²) in [5, 5.41) is 0.871. The van der Waals surface area contributed by atoms with Gasteiger partial charge in [0.1, 0.15) is 6.54 Å². The van der Waals surface area contributed by atoms with Crippen LogP contribution in [0.15, 0.2) is 13.5 Å². The molecule has 15 heteroatoms. The van der Waals surface area contributed by atoms with E-state index in [1.54, 1.807) is 4.52 Å². The van der Waals surface area contributed by atoms with Crippen LogP contribution < -0.4 is 5.09 Å². The lowest BCUT2D eigenvalue weighted by Gasteiger charge is -2.18. The monoisotopic (exact) mass is 328 g/mol. The van der Waals surface area contributed by atoms with E-state index in [0.717, 1.165) is 5.09 Å². The second kappa shape index (κ2) is 4.33. The zero-order valence-corrected chi connectivity index (χ0v) is 10.1. The van der Waals surface area contributed by atoms with E-state index in [0.29, 0.717) is 0 Å². The first kappa shape index (κ1) is 15.1. The predicted octanol–water partition coefficient (Wildman–Crippen LogP) is 5.84. The summed E-state index contributed by atoms with van der Waals surface area (Å²) < 4.78 is 104. The molecule has 0 bridgehead atoms. The maximum Gasteiger partial charge on any atom is 0.424 e. The maximum absolute atomic E-state index is 13.3. The molecule has 0 aromatic carbocycles. The number of halogens is 8. The van der Waals surface area contributed by atoms with Crippen LogP contribution in [0.25, 0.3) is 0 Å². The van der Waals surface area contributed by atoms with E-state index in [4.69, 9.17) is 0 Å². The van der Waals surface area contributed by atoms with Crippen LogP contribution in [0.1, 0.15) is 0 Å². The first-order valence-corrected chi connectivity index (χ1v) is 8.08. The van der Waals surface area contributed by atoms with Gasteiger partial charge in [-0.1, -0.05) is 0 Å². The first-order chi connectivity index (χ1) is 7.33. The van der Waals surface area contributed by atoms with E-state index in [2.05, 4.69) is 0 Å². The molecule has 0 saturated heterocycles. The van der Waals surface area contributed by atoms with Gasteiger partial charge in [0.25, 0.3) is 0 Å². The molecular formula is C2H3F8N4P3. The van der Waals surface area contributed by atoms with Gasteiger partial charge in [-0.3, -0.25) is 0 Å². The molecule has 0 spiro atoms. The summed E-state index contributed by atoms with van der Waals surface area (Å²) in [5.74, 6) is 0. The van der Waals surface area contributed by atoms with E-state index in [1.807, 2.05) is 9.03 Å². The van der Waals surface area contributed by atoms with Crippen LogP contribution in [0.5, 0.6) is 0 Å². The third-order valence-corrected chi connectivity index (χ3v) is 7.05. The molecule has 17 heavy (non-hydrogen) atoms.